The van der Waals surface area contributed by atoms with Gasteiger partial charge in [-0.1, -0.05) is 70.5 Å². The van der Waals surface area contributed by atoms with E-state index in [0.717, 1.165) is 29.4 Å². The Morgan fingerprint density at radius 3 is 2.24 bits per heavy atom. The SMILES string of the molecule is C=CC[C@@H]1CCN(C(C)c2ccc(Br)cc2)C(=O)O1.c1ccccc1. The van der Waals surface area contributed by atoms with Gasteiger partial charge in [0.15, 0.2) is 0 Å². The number of rotatable bonds is 4. The zero-order valence-electron chi connectivity index (χ0n) is 14.5. The summed E-state index contributed by atoms with van der Waals surface area (Å²) < 4.78 is 6.45. The summed E-state index contributed by atoms with van der Waals surface area (Å²) in [6.07, 6.45) is 3.14. The summed E-state index contributed by atoms with van der Waals surface area (Å²) in [5.41, 5.74) is 1.11. The molecule has 3 rings (SSSR count). The Morgan fingerprint density at radius 1 is 1.20 bits per heavy atom. The molecule has 0 aromatic heterocycles. The van der Waals surface area contributed by atoms with E-state index in [1.54, 1.807) is 11.0 Å². The highest BCUT2D eigenvalue weighted by molar-refractivity contribution is 9.10. The number of halogens is 1. The molecule has 1 saturated heterocycles. The average Bonchev–Trinajstić information content (AvgIpc) is 2.64. The third-order valence-electron chi connectivity index (χ3n) is 4.11. The highest BCUT2D eigenvalue weighted by atomic mass is 79.9. The molecule has 2 aromatic rings. The molecule has 2 aromatic carbocycles. The van der Waals surface area contributed by atoms with Gasteiger partial charge in [-0.15, -0.1) is 6.58 Å². The maximum atomic E-state index is 12.0. The molecule has 1 amide bonds. The van der Waals surface area contributed by atoms with Gasteiger partial charge in [0.25, 0.3) is 0 Å². The molecule has 4 heteroatoms. The number of ether oxygens (including phenoxy) is 1. The van der Waals surface area contributed by atoms with Crippen LogP contribution in [0.3, 0.4) is 0 Å². The molecule has 0 radical (unpaired) electrons. The first-order chi connectivity index (χ1) is 12.1. The number of nitrogens with zero attached hydrogens (tertiary/aromatic N) is 1. The van der Waals surface area contributed by atoms with E-state index in [0.29, 0.717) is 0 Å². The highest BCUT2D eigenvalue weighted by Gasteiger charge is 2.30. The normalized spacial score (nSPS) is 17.8. The lowest BCUT2D eigenvalue weighted by Gasteiger charge is -2.35. The van der Waals surface area contributed by atoms with E-state index in [9.17, 15) is 4.79 Å². The fraction of sp³-hybridized carbons (Fsp3) is 0.286. The number of hydrogen-bond donors (Lipinski definition) is 0. The predicted octanol–water partition coefficient (Wildman–Crippen LogP) is 5.98. The van der Waals surface area contributed by atoms with Crippen molar-refractivity contribution in [2.75, 3.05) is 6.54 Å². The maximum Gasteiger partial charge on any atom is 0.410 e. The molecular formula is C21H24BrNO2. The van der Waals surface area contributed by atoms with Crippen LogP contribution in [0.15, 0.2) is 77.8 Å². The van der Waals surface area contributed by atoms with Crippen LogP contribution in [-0.4, -0.2) is 23.6 Å². The molecule has 2 atom stereocenters. The van der Waals surface area contributed by atoms with Crippen molar-refractivity contribution in [3.8, 4) is 0 Å². The maximum absolute atomic E-state index is 12.0. The van der Waals surface area contributed by atoms with Gasteiger partial charge in [0.1, 0.15) is 6.10 Å². The zero-order chi connectivity index (χ0) is 18.1. The molecular weight excluding hydrogens is 378 g/mol. The molecule has 0 bridgehead atoms. The monoisotopic (exact) mass is 401 g/mol. The van der Waals surface area contributed by atoms with Crippen LogP contribution < -0.4 is 0 Å². The van der Waals surface area contributed by atoms with E-state index >= 15 is 0 Å². The van der Waals surface area contributed by atoms with Gasteiger partial charge in [0, 0.05) is 23.9 Å². The van der Waals surface area contributed by atoms with Gasteiger partial charge >= 0.3 is 6.09 Å². The van der Waals surface area contributed by atoms with Gasteiger partial charge in [-0.25, -0.2) is 4.79 Å². The first-order valence-electron chi connectivity index (χ1n) is 8.45. The summed E-state index contributed by atoms with van der Waals surface area (Å²) in [6, 6.07) is 20.1. The molecule has 1 heterocycles. The van der Waals surface area contributed by atoms with E-state index in [1.807, 2.05) is 67.6 Å². The Kier molecular flexibility index (Phi) is 7.74. The number of cyclic esters (lactones) is 1. The number of hydrogen-bond acceptors (Lipinski definition) is 2. The summed E-state index contributed by atoms with van der Waals surface area (Å²) in [6.45, 7) is 6.44. The second-order valence-electron chi connectivity index (χ2n) is 5.89. The lowest BCUT2D eigenvalue weighted by Crippen LogP contribution is -2.43. The minimum atomic E-state index is -0.228. The molecule has 0 N–H and O–H groups in total. The topological polar surface area (TPSA) is 29.5 Å². The van der Waals surface area contributed by atoms with Crippen LogP contribution in [0.4, 0.5) is 4.79 Å². The minimum absolute atomic E-state index is 0.0154. The van der Waals surface area contributed by atoms with Crippen molar-refractivity contribution < 1.29 is 9.53 Å². The molecule has 3 nitrogen and oxygen atoms in total. The average molecular weight is 402 g/mol. The quantitative estimate of drug-likeness (QED) is 0.589. The molecule has 1 unspecified atom stereocenters. The molecule has 1 aliphatic rings. The van der Waals surface area contributed by atoms with Crippen LogP contribution in [0.5, 0.6) is 0 Å². The minimum Gasteiger partial charge on any atom is -0.446 e. The highest BCUT2D eigenvalue weighted by Crippen LogP contribution is 2.26. The molecule has 0 spiro atoms. The first-order valence-corrected chi connectivity index (χ1v) is 9.24. The van der Waals surface area contributed by atoms with Crippen molar-refractivity contribution >= 4 is 22.0 Å². The second-order valence-corrected chi connectivity index (χ2v) is 6.81. The van der Waals surface area contributed by atoms with E-state index < -0.39 is 0 Å². The Balaban J connectivity index is 0.000000316. The van der Waals surface area contributed by atoms with Crippen molar-refractivity contribution in [2.45, 2.75) is 31.9 Å². The molecule has 1 aliphatic heterocycles. The Labute approximate surface area is 158 Å². The number of amides is 1. The van der Waals surface area contributed by atoms with E-state index in [4.69, 9.17) is 4.74 Å². The number of benzene rings is 2. The first kappa shape index (κ1) is 19.3. The van der Waals surface area contributed by atoms with Crippen molar-refractivity contribution in [1.29, 1.82) is 0 Å². The molecule has 1 fully saturated rings. The lowest BCUT2D eigenvalue weighted by atomic mass is 10.1. The van der Waals surface area contributed by atoms with Crippen LogP contribution in [-0.2, 0) is 4.74 Å². The molecule has 25 heavy (non-hydrogen) atoms. The third kappa shape index (κ3) is 6.05. The standard InChI is InChI=1S/C15H18BrNO2.C6H6/c1-3-4-14-9-10-17(15(18)19-14)11(2)12-5-7-13(16)8-6-12;1-2-4-6-5-3-1/h3,5-8,11,14H,1,4,9-10H2,2H3;1-6H/t11?,14-;/m1./s1. The van der Waals surface area contributed by atoms with Gasteiger partial charge in [0.05, 0.1) is 6.04 Å². The Bertz CT molecular complexity index is 631. The third-order valence-corrected chi connectivity index (χ3v) is 4.64. The summed E-state index contributed by atoms with van der Waals surface area (Å²) in [7, 11) is 0. The molecule has 132 valence electrons. The van der Waals surface area contributed by atoms with Gasteiger partial charge in [-0.05, 0) is 24.6 Å². The smallest absolute Gasteiger partial charge is 0.410 e. The van der Waals surface area contributed by atoms with Crippen LogP contribution >= 0.6 is 15.9 Å². The van der Waals surface area contributed by atoms with Crippen molar-refractivity contribution in [3.05, 3.63) is 83.4 Å². The van der Waals surface area contributed by atoms with Crippen LogP contribution in [0, 0.1) is 0 Å². The fourth-order valence-electron chi connectivity index (χ4n) is 2.65. The van der Waals surface area contributed by atoms with Gasteiger partial charge in [-0.2, -0.15) is 0 Å². The van der Waals surface area contributed by atoms with Gasteiger partial charge in [0.2, 0.25) is 0 Å². The van der Waals surface area contributed by atoms with E-state index in [-0.39, 0.29) is 18.2 Å². The van der Waals surface area contributed by atoms with Crippen molar-refractivity contribution in [3.63, 3.8) is 0 Å². The molecule has 0 aliphatic carbocycles. The summed E-state index contributed by atoms with van der Waals surface area (Å²) in [4.78, 5) is 13.8. The van der Waals surface area contributed by atoms with Crippen molar-refractivity contribution in [2.24, 2.45) is 0 Å². The Morgan fingerprint density at radius 2 is 1.76 bits per heavy atom. The van der Waals surface area contributed by atoms with Gasteiger partial charge in [-0.3, -0.25) is 0 Å². The Hall–Kier alpha value is -2.07. The zero-order valence-corrected chi connectivity index (χ0v) is 16.1. The summed E-state index contributed by atoms with van der Waals surface area (Å²) >= 11 is 3.41. The molecule has 0 saturated carbocycles. The van der Waals surface area contributed by atoms with Crippen LogP contribution in [0.1, 0.15) is 31.4 Å². The fourth-order valence-corrected chi connectivity index (χ4v) is 2.92. The largest absolute Gasteiger partial charge is 0.446 e. The summed E-state index contributed by atoms with van der Waals surface area (Å²) in [5, 5.41) is 0. The van der Waals surface area contributed by atoms with E-state index in [1.165, 1.54) is 0 Å². The summed E-state index contributed by atoms with van der Waals surface area (Å²) in [5.74, 6) is 0. The number of carbonyl (C=O) groups is 1. The van der Waals surface area contributed by atoms with Crippen molar-refractivity contribution in [1.82, 2.24) is 4.90 Å². The predicted molar refractivity (Wildman–Crippen MR) is 105 cm³/mol. The van der Waals surface area contributed by atoms with Gasteiger partial charge < -0.3 is 9.64 Å². The second kappa shape index (κ2) is 10.0. The lowest BCUT2D eigenvalue weighted by molar-refractivity contribution is 0.0146. The van der Waals surface area contributed by atoms with E-state index in [2.05, 4.69) is 22.5 Å². The van der Waals surface area contributed by atoms with Crippen LogP contribution in [0.25, 0.3) is 0 Å². The van der Waals surface area contributed by atoms with Crippen LogP contribution in [0.2, 0.25) is 0 Å². The number of carbonyl (C=O) groups excluding carboxylic acids is 1.